The number of carbonyl (C=O) groups is 3. The largest absolute Gasteiger partial charge is 0.465 e. The number of carbonyl (C=O) groups excluding carboxylic acids is 3. The van der Waals surface area contributed by atoms with Crippen LogP contribution in [0.4, 0.5) is 5.69 Å². The van der Waals surface area contributed by atoms with Gasteiger partial charge in [0.05, 0.1) is 12.7 Å². The number of nitrogens with one attached hydrogen (secondary N) is 1. The van der Waals surface area contributed by atoms with Crippen molar-refractivity contribution in [3.8, 4) is 0 Å². The monoisotopic (exact) mass is 323 g/mol. The van der Waals surface area contributed by atoms with Crippen LogP contribution in [-0.4, -0.2) is 24.8 Å². The fourth-order valence-corrected chi connectivity index (χ4v) is 2.07. The van der Waals surface area contributed by atoms with Gasteiger partial charge in [-0.1, -0.05) is 30.3 Å². The number of ether oxygens (including phenoxy) is 1. The van der Waals surface area contributed by atoms with Gasteiger partial charge in [0.15, 0.2) is 5.78 Å². The van der Waals surface area contributed by atoms with E-state index >= 15 is 0 Å². The number of allylic oxidation sites excluding steroid dienone is 1. The van der Waals surface area contributed by atoms with E-state index in [0.29, 0.717) is 16.8 Å². The van der Waals surface area contributed by atoms with E-state index in [0.717, 1.165) is 5.56 Å². The van der Waals surface area contributed by atoms with Crippen molar-refractivity contribution >= 4 is 29.4 Å². The van der Waals surface area contributed by atoms with Crippen molar-refractivity contribution < 1.29 is 19.1 Å². The molecular formula is C19H17NO4. The van der Waals surface area contributed by atoms with Gasteiger partial charge in [0.2, 0.25) is 5.91 Å². The minimum atomic E-state index is -0.406. The Bertz CT molecular complexity index is 791. The first kappa shape index (κ1) is 17.1. The first-order chi connectivity index (χ1) is 11.5. The van der Waals surface area contributed by atoms with E-state index in [1.165, 1.54) is 20.1 Å². The number of ketones is 1. The highest BCUT2D eigenvalue weighted by Crippen LogP contribution is 2.13. The van der Waals surface area contributed by atoms with Crippen LogP contribution in [0.2, 0.25) is 0 Å². The zero-order valence-electron chi connectivity index (χ0n) is 13.4. The Labute approximate surface area is 140 Å². The Morgan fingerprint density at radius 3 is 2.33 bits per heavy atom. The molecule has 2 aromatic rings. The number of esters is 1. The summed E-state index contributed by atoms with van der Waals surface area (Å²) in [6.07, 6.45) is 3.11. The summed E-state index contributed by atoms with van der Waals surface area (Å²) in [6, 6.07) is 13.4. The molecule has 0 aliphatic rings. The lowest BCUT2D eigenvalue weighted by atomic mass is 10.1. The normalized spacial score (nSPS) is 10.4. The molecular weight excluding hydrogens is 306 g/mol. The summed E-state index contributed by atoms with van der Waals surface area (Å²) in [5, 5.41) is 2.64. The molecule has 2 aromatic carbocycles. The van der Waals surface area contributed by atoms with E-state index in [9.17, 15) is 14.4 Å². The third-order valence-corrected chi connectivity index (χ3v) is 3.23. The molecule has 0 unspecified atom stereocenters. The first-order valence-corrected chi connectivity index (χ1v) is 7.28. The third-order valence-electron chi connectivity index (χ3n) is 3.23. The van der Waals surface area contributed by atoms with Crippen LogP contribution in [0.5, 0.6) is 0 Å². The van der Waals surface area contributed by atoms with Gasteiger partial charge in [-0.3, -0.25) is 9.59 Å². The maximum atomic E-state index is 12.2. The molecule has 1 amide bonds. The van der Waals surface area contributed by atoms with Gasteiger partial charge in [-0.25, -0.2) is 4.79 Å². The van der Waals surface area contributed by atoms with Crippen molar-refractivity contribution in [1.29, 1.82) is 0 Å². The van der Waals surface area contributed by atoms with Crippen LogP contribution in [0, 0.1) is 0 Å². The number of hydrogen-bond donors (Lipinski definition) is 1. The quantitative estimate of drug-likeness (QED) is 0.520. The molecule has 24 heavy (non-hydrogen) atoms. The third kappa shape index (κ3) is 4.64. The average molecular weight is 323 g/mol. The van der Waals surface area contributed by atoms with Gasteiger partial charge in [-0.2, -0.15) is 0 Å². The van der Waals surface area contributed by atoms with Crippen molar-refractivity contribution in [1.82, 2.24) is 0 Å². The summed E-state index contributed by atoms with van der Waals surface area (Å²) < 4.78 is 4.63. The van der Waals surface area contributed by atoms with Gasteiger partial charge in [0, 0.05) is 18.2 Å². The summed E-state index contributed by atoms with van der Waals surface area (Å²) in [5.41, 5.74) is 2.28. The minimum Gasteiger partial charge on any atom is -0.465 e. The highest BCUT2D eigenvalue weighted by molar-refractivity contribution is 6.07. The van der Waals surface area contributed by atoms with Gasteiger partial charge in [-0.05, 0) is 35.9 Å². The fraction of sp³-hybridized carbons (Fsp3) is 0.105. The van der Waals surface area contributed by atoms with Gasteiger partial charge < -0.3 is 10.1 Å². The van der Waals surface area contributed by atoms with E-state index in [1.807, 2.05) is 0 Å². The van der Waals surface area contributed by atoms with Crippen molar-refractivity contribution in [2.75, 3.05) is 12.4 Å². The molecule has 0 aliphatic carbocycles. The fourth-order valence-electron chi connectivity index (χ4n) is 2.07. The Hall–Kier alpha value is -3.21. The molecule has 0 radical (unpaired) electrons. The maximum absolute atomic E-state index is 12.2. The summed E-state index contributed by atoms with van der Waals surface area (Å²) in [6.45, 7) is 1.41. The Morgan fingerprint density at radius 1 is 1.00 bits per heavy atom. The van der Waals surface area contributed by atoms with E-state index in [4.69, 9.17) is 0 Å². The molecule has 0 fully saturated rings. The molecule has 0 aromatic heterocycles. The standard InChI is InChI=1S/C19H17NO4/c1-13(21)20-17-5-3-4-16(12-17)18(22)11-8-14-6-9-15(10-7-14)19(23)24-2/h3-12H,1-2H3,(H,20,21). The van der Waals surface area contributed by atoms with Crippen LogP contribution in [-0.2, 0) is 9.53 Å². The molecule has 5 heteroatoms. The van der Waals surface area contributed by atoms with Crippen molar-refractivity contribution in [2.45, 2.75) is 6.92 Å². The van der Waals surface area contributed by atoms with E-state index in [1.54, 1.807) is 54.6 Å². The molecule has 0 bridgehead atoms. The maximum Gasteiger partial charge on any atom is 0.337 e. The molecule has 0 heterocycles. The molecule has 0 spiro atoms. The molecule has 1 N–H and O–H groups in total. The molecule has 0 aliphatic heterocycles. The van der Waals surface area contributed by atoms with E-state index in [2.05, 4.69) is 10.1 Å². The van der Waals surface area contributed by atoms with Crippen molar-refractivity contribution in [3.63, 3.8) is 0 Å². The predicted octanol–water partition coefficient (Wildman–Crippen LogP) is 3.33. The second-order valence-corrected chi connectivity index (χ2v) is 5.07. The summed E-state index contributed by atoms with van der Waals surface area (Å²) in [4.78, 5) is 34.6. The lowest BCUT2D eigenvalue weighted by Gasteiger charge is -2.03. The van der Waals surface area contributed by atoms with Gasteiger partial charge >= 0.3 is 5.97 Å². The number of anilines is 1. The Kier molecular flexibility index (Phi) is 5.63. The van der Waals surface area contributed by atoms with Crippen molar-refractivity contribution in [2.24, 2.45) is 0 Å². The van der Waals surface area contributed by atoms with Crippen LogP contribution < -0.4 is 5.32 Å². The van der Waals surface area contributed by atoms with Crippen LogP contribution in [0.15, 0.2) is 54.6 Å². The number of methoxy groups -OCH3 is 1. The van der Waals surface area contributed by atoms with E-state index in [-0.39, 0.29) is 11.7 Å². The highest BCUT2D eigenvalue weighted by Gasteiger charge is 2.05. The highest BCUT2D eigenvalue weighted by atomic mass is 16.5. The van der Waals surface area contributed by atoms with Gasteiger partial charge in [0.1, 0.15) is 0 Å². The summed E-state index contributed by atoms with van der Waals surface area (Å²) in [5.74, 6) is -0.781. The Balaban J connectivity index is 2.10. The lowest BCUT2D eigenvalue weighted by molar-refractivity contribution is -0.114. The first-order valence-electron chi connectivity index (χ1n) is 7.28. The molecule has 5 nitrogen and oxygen atoms in total. The molecule has 0 atom stereocenters. The summed E-state index contributed by atoms with van der Waals surface area (Å²) in [7, 11) is 1.32. The second-order valence-electron chi connectivity index (χ2n) is 5.07. The SMILES string of the molecule is COC(=O)c1ccc(C=CC(=O)c2cccc(NC(C)=O)c2)cc1. The smallest absolute Gasteiger partial charge is 0.337 e. The molecule has 0 saturated heterocycles. The number of rotatable bonds is 5. The zero-order chi connectivity index (χ0) is 17.5. The second kappa shape index (κ2) is 7.87. The van der Waals surface area contributed by atoms with Crippen LogP contribution >= 0.6 is 0 Å². The van der Waals surface area contributed by atoms with Gasteiger partial charge in [0.25, 0.3) is 0 Å². The topological polar surface area (TPSA) is 72.5 Å². The van der Waals surface area contributed by atoms with Crippen LogP contribution in [0.1, 0.15) is 33.2 Å². The molecule has 0 saturated carbocycles. The Morgan fingerprint density at radius 2 is 1.71 bits per heavy atom. The predicted molar refractivity (Wildman–Crippen MR) is 91.9 cm³/mol. The van der Waals surface area contributed by atoms with Crippen LogP contribution in [0.3, 0.4) is 0 Å². The molecule has 122 valence electrons. The zero-order valence-corrected chi connectivity index (χ0v) is 13.4. The average Bonchev–Trinajstić information content (AvgIpc) is 2.59. The van der Waals surface area contributed by atoms with Crippen molar-refractivity contribution in [3.05, 3.63) is 71.3 Å². The number of benzene rings is 2. The van der Waals surface area contributed by atoms with Gasteiger partial charge in [-0.15, -0.1) is 0 Å². The molecule has 2 rings (SSSR count). The minimum absolute atomic E-state index is 0.181. The lowest BCUT2D eigenvalue weighted by Crippen LogP contribution is -2.06. The summed E-state index contributed by atoms with van der Waals surface area (Å²) >= 11 is 0. The van der Waals surface area contributed by atoms with E-state index < -0.39 is 5.97 Å². The number of hydrogen-bond acceptors (Lipinski definition) is 4. The number of amides is 1. The van der Waals surface area contributed by atoms with Crippen LogP contribution in [0.25, 0.3) is 6.08 Å².